The van der Waals surface area contributed by atoms with Gasteiger partial charge in [-0.3, -0.25) is 9.69 Å². The second-order valence-electron chi connectivity index (χ2n) is 4.77. The van der Waals surface area contributed by atoms with Gasteiger partial charge in [0, 0.05) is 0 Å². The van der Waals surface area contributed by atoms with Gasteiger partial charge in [-0.05, 0) is 30.7 Å². The van der Waals surface area contributed by atoms with Gasteiger partial charge in [-0.15, -0.1) is 0 Å². The highest BCUT2D eigenvalue weighted by Crippen LogP contribution is 2.13. The van der Waals surface area contributed by atoms with Gasteiger partial charge in [0.05, 0.1) is 18.2 Å². The van der Waals surface area contributed by atoms with Crippen molar-refractivity contribution in [2.45, 2.75) is 25.8 Å². The van der Waals surface area contributed by atoms with Crippen LogP contribution >= 0.6 is 0 Å². The number of amides is 3. The minimum atomic E-state index is -0.405. The van der Waals surface area contributed by atoms with E-state index in [1.54, 1.807) is 24.3 Å². The Bertz CT molecular complexity index is 563. The second kappa shape index (κ2) is 6.75. The van der Waals surface area contributed by atoms with Gasteiger partial charge in [-0.2, -0.15) is 5.26 Å². The summed E-state index contributed by atoms with van der Waals surface area (Å²) in [4.78, 5) is 24.9. The van der Waals surface area contributed by atoms with Gasteiger partial charge in [0.1, 0.15) is 18.4 Å². The Hall–Kier alpha value is -2.55. The van der Waals surface area contributed by atoms with Crippen molar-refractivity contribution in [2.75, 3.05) is 13.2 Å². The molecule has 1 aromatic carbocycles. The minimum Gasteiger partial charge on any atom is -0.492 e. The first-order chi connectivity index (χ1) is 10.2. The summed E-state index contributed by atoms with van der Waals surface area (Å²) in [6.07, 6.45) is 1.49. The fourth-order valence-electron chi connectivity index (χ4n) is 2.15. The predicted octanol–water partition coefficient (Wildman–Crippen LogP) is 1.66. The van der Waals surface area contributed by atoms with Crippen LogP contribution in [-0.4, -0.2) is 36.0 Å². The number of hydrogen-bond donors (Lipinski definition) is 1. The molecule has 0 spiro atoms. The van der Waals surface area contributed by atoms with Crippen LogP contribution in [0, 0.1) is 11.3 Å². The summed E-state index contributed by atoms with van der Waals surface area (Å²) in [7, 11) is 0. The quantitative estimate of drug-likeness (QED) is 0.807. The maximum Gasteiger partial charge on any atom is 0.324 e. The van der Waals surface area contributed by atoms with Gasteiger partial charge in [0.15, 0.2) is 0 Å². The van der Waals surface area contributed by atoms with Crippen molar-refractivity contribution in [3.05, 3.63) is 29.8 Å². The molecule has 110 valence electrons. The zero-order valence-electron chi connectivity index (χ0n) is 11.8. The van der Waals surface area contributed by atoms with Crippen molar-refractivity contribution in [1.82, 2.24) is 10.2 Å². The minimum absolute atomic E-state index is 0.190. The van der Waals surface area contributed by atoms with Crippen LogP contribution < -0.4 is 10.1 Å². The lowest BCUT2D eigenvalue weighted by molar-refractivity contribution is -0.127. The SMILES string of the molecule is CCCC1NC(=O)N(CCOc2ccc(C#N)cc2)C1=O. The van der Waals surface area contributed by atoms with Gasteiger partial charge in [-0.25, -0.2) is 4.79 Å². The number of urea groups is 1. The maximum atomic E-state index is 12.0. The third kappa shape index (κ3) is 3.51. The van der Waals surface area contributed by atoms with Gasteiger partial charge < -0.3 is 10.1 Å². The molecule has 3 amide bonds. The first kappa shape index (κ1) is 14.9. The molecule has 1 aliphatic heterocycles. The van der Waals surface area contributed by atoms with Crippen molar-refractivity contribution in [3.63, 3.8) is 0 Å². The second-order valence-corrected chi connectivity index (χ2v) is 4.77. The lowest BCUT2D eigenvalue weighted by atomic mass is 10.2. The molecule has 0 radical (unpaired) electrons. The number of nitriles is 1. The smallest absolute Gasteiger partial charge is 0.324 e. The molecule has 6 nitrogen and oxygen atoms in total. The third-order valence-corrected chi connectivity index (χ3v) is 3.25. The van der Waals surface area contributed by atoms with Crippen LogP contribution in [0.25, 0.3) is 0 Å². The Balaban J connectivity index is 1.84. The highest BCUT2D eigenvalue weighted by Gasteiger charge is 2.36. The summed E-state index contributed by atoms with van der Waals surface area (Å²) in [6, 6.07) is 7.93. The average molecular weight is 287 g/mol. The largest absolute Gasteiger partial charge is 0.492 e. The van der Waals surface area contributed by atoms with E-state index in [2.05, 4.69) is 5.32 Å². The average Bonchev–Trinajstić information content (AvgIpc) is 2.76. The fraction of sp³-hybridized carbons (Fsp3) is 0.400. The van der Waals surface area contributed by atoms with E-state index in [1.807, 2.05) is 13.0 Å². The number of hydrogen-bond acceptors (Lipinski definition) is 4. The molecule has 1 atom stereocenters. The molecule has 0 saturated carbocycles. The van der Waals surface area contributed by atoms with Crippen molar-refractivity contribution in [3.8, 4) is 11.8 Å². The lowest BCUT2D eigenvalue weighted by Crippen LogP contribution is -2.35. The van der Waals surface area contributed by atoms with E-state index >= 15 is 0 Å². The predicted molar refractivity (Wildman–Crippen MR) is 75.6 cm³/mol. The Labute approximate surface area is 123 Å². The first-order valence-corrected chi connectivity index (χ1v) is 6.90. The summed E-state index contributed by atoms with van der Waals surface area (Å²) in [5.74, 6) is 0.413. The number of carbonyl (C=O) groups is 2. The summed E-state index contributed by atoms with van der Waals surface area (Å²) in [5.41, 5.74) is 0.554. The molecular weight excluding hydrogens is 270 g/mol. The highest BCUT2D eigenvalue weighted by atomic mass is 16.5. The number of nitrogens with zero attached hydrogens (tertiary/aromatic N) is 2. The van der Waals surface area contributed by atoms with Crippen LogP contribution in [0.4, 0.5) is 4.79 Å². The van der Waals surface area contributed by atoms with E-state index in [-0.39, 0.29) is 25.1 Å². The topological polar surface area (TPSA) is 82.4 Å². The summed E-state index contributed by atoms with van der Waals surface area (Å²) < 4.78 is 5.48. The van der Waals surface area contributed by atoms with Gasteiger partial charge >= 0.3 is 6.03 Å². The van der Waals surface area contributed by atoms with E-state index in [1.165, 1.54) is 4.90 Å². The molecule has 6 heteroatoms. The molecule has 1 N–H and O–H groups in total. The Morgan fingerprint density at radius 1 is 1.33 bits per heavy atom. The number of rotatable bonds is 6. The van der Waals surface area contributed by atoms with Crippen molar-refractivity contribution < 1.29 is 14.3 Å². The highest BCUT2D eigenvalue weighted by molar-refractivity contribution is 6.04. The monoisotopic (exact) mass is 287 g/mol. The zero-order chi connectivity index (χ0) is 15.2. The Kier molecular flexibility index (Phi) is 4.77. The summed E-state index contributed by atoms with van der Waals surface area (Å²) in [5, 5.41) is 11.4. The summed E-state index contributed by atoms with van der Waals surface area (Å²) in [6.45, 7) is 2.41. The van der Waals surface area contributed by atoms with E-state index in [0.29, 0.717) is 17.7 Å². The zero-order valence-corrected chi connectivity index (χ0v) is 11.8. The number of carbonyl (C=O) groups excluding carboxylic acids is 2. The molecule has 0 aromatic heterocycles. The number of nitrogens with one attached hydrogen (secondary N) is 1. The first-order valence-electron chi connectivity index (χ1n) is 6.90. The van der Waals surface area contributed by atoms with Crippen molar-refractivity contribution in [2.24, 2.45) is 0 Å². The number of ether oxygens (including phenoxy) is 1. The lowest BCUT2D eigenvalue weighted by Gasteiger charge is -2.13. The molecule has 1 fully saturated rings. The molecule has 1 aliphatic rings. The molecular formula is C15H17N3O3. The van der Waals surface area contributed by atoms with Crippen LogP contribution in [-0.2, 0) is 4.79 Å². The summed E-state index contributed by atoms with van der Waals surface area (Å²) >= 11 is 0. The Morgan fingerprint density at radius 2 is 2.05 bits per heavy atom. The van der Waals surface area contributed by atoms with Gasteiger partial charge in [0.2, 0.25) is 0 Å². The number of imide groups is 1. The van der Waals surface area contributed by atoms with Crippen molar-refractivity contribution in [1.29, 1.82) is 5.26 Å². The molecule has 0 bridgehead atoms. The van der Waals surface area contributed by atoms with Crippen LogP contribution in [0.1, 0.15) is 25.3 Å². The van der Waals surface area contributed by atoms with Gasteiger partial charge in [0.25, 0.3) is 5.91 Å². The van der Waals surface area contributed by atoms with Crippen LogP contribution in [0.5, 0.6) is 5.75 Å². The maximum absolute atomic E-state index is 12.0. The van der Waals surface area contributed by atoms with E-state index < -0.39 is 6.04 Å². The van der Waals surface area contributed by atoms with E-state index in [9.17, 15) is 9.59 Å². The molecule has 21 heavy (non-hydrogen) atoms. The molecule has 1 unspecified atom stereocenters. The third-order valence-electron chi connectivity index (χ3n) is 3.25. The number of benzene rings is 1. The normalized spacial score (nSPS) is 17.5. The molecule has 2 rings (SSSR count). The molecule has 1 saturated heterocycles. The molecule has 0 aliphatic carbocycles. The van der Waals surface area contributed by atoms with Crippen molar-refractivity contribution >= 4 is 11.9 Å². The standard InChI is InChI=1S/C15H17N3O3/c1-2-3-13-14(19)18(15(20)17-13)8-9-21-12-6-4-11(10-16)5-7-12/h4-7,13H,2-3,8-9H2,1H3,(H,17,20). The van der Waals surface area contributed by atoms with Crippen LogP contribution in [0.15, 0.2) is 24.3 Å². The fourth-order valence-corrected chi connectivity index (χ4v) is 2.15. The van der Waals surface area contributed by atoms with Gasteiger partial charge in [-0.1, -0.05) is 13.3 Å². The molecule has 1 aromatic rings. The van der Waals surface area contributed by atoms with E-state index in [0.717, 1.165) is 6.42 Å². The van der Waals surface area contributed by atoms with Crippen LogP contribution in [0.2, 0.25) is 0 Å². The van der Waals surface area contributed by atoms with E-state index in [4.69, 9.17) is 10.00 Å². The Morgan fingerprint density at radius 3 is 2.67 bits per heavy atom. The molecule has 1 heterocycles. The van der Waals surface area contributed by atoms with Crippen LogP contribution in [0.3, 0.4) is 0 Å².